The maximum Gasteiger partial charge on any atom is 0.109 e. The van der Waals surface area contributed by atoms with Crippen LogP contribution in [0, 0.1) is 23.2 Å². The lowest BCUT2D eigenvalue weighted by atomic mass is 9.86. The van der Waals surface area contributed by atoms with Crippen molar-refractivity contribution in [3.8, 4) is 6.07 Å². The van der Waals surface area contributed by atoms with Gasteiger partial charge in [0.1, 0.15) is 5.54 Å². The fraction of sp³-hybridized carbons (Fsp3) is 0.933. The van der Waals surface area contributed by atoms with Crippen LogP contribution in [0.2, 0.25) is 0 Å². The standard InChI is InChI=1S/C15H28N2OS/c1-12(2)17-15(11-16)7-4-5-14(15)6-8-19-10-13(3)9-18/h12-14,17-18H,4-10H2,1-3H3. The Morgan fingerprint density at radius 3 is 2.79 bits per heavy atom. The first-order valence-electron chi connectivity index (χ1n) is 7.41. The van der Waals surface area contributed by atoms with Crippen LogP contribution in [0.1, 0.15) is 46.5 Å². The minimum absolute atomic E-state index is 0.271. The predicted molar refractivity (Wildman–Crippen MR) is 82.1 cm³/mol. The number of aliphatic hydroxyl groups is 1. The van der Waals surface area contributed by atoms with E-state index >= 15 is 0 Å². The Balaban J connectivity index is 2.41. The Labute approximate surface area is 122 Å². The number of aliphatic hydroxyl groups excluding tert-OH is 1. The molecule has 110 valence electrons. The zero-order chi connectivity index (χ0) is 14.3. The van der Waals surface area contributed by atoms with E-state index in [9.17, 15) is 5.26 Å². The van der Waals surface area contributed by atoms with Crippen molar-refractivity contribution in [3.05, 3.63) is 0 Å². The topological polar surface area (TPSA) is 56.0 Å². The molecule has 0 spiro atoms. The highest BCUT2D eigenvalue weighted by atomic mass is 32.2. The summed E-state index contributed by atoms with van der Waals surface area (Å²) in [4.78, 5) is 0. The molecule has 0 aromatic heterocycles. The van der Waals surface area contributed by atoms with Gasteiger partial charge in [-0.1, -0.05) is 13.3 Å². The number of nitriles is 1. The maximum absolute atomic E-state index is 9.57. The van der Waals surface area contributed by atoms with Gasteiger partial charge < -0.3 is 5.11 Å². The van der Waals surface area contributed by atoms with Crippen LogP contribution in [-0.4, -0.2) is 34.8 Å². The molecule has 1 saturated carbocycles. The summed E-state index contributed by atoms with van der Waals surface area (Å²) in [5, 5.41) is 22.1. The number of hydrogen-bond acceptors (Lipinski definition) is 4. The molecular formula is C15H28N2OS. The second-order valence-electron chi connectivity index (χ2n) is 6.12. The summed E-state index contributed by atoms with van der Waals surface area (Å²) in [7, 11) is 0. The minimum atomic E-state index is -0.294. The molecule has 0 aromatic rings. The highest BCUT2D eigenvalue weighted by Crippen LogP contribution is 2.38. The lowest BCUT2D eigenvalue weighted by Crippen LogP contribution is -2.50. The van der Waals surface area contributed by atoms with E-state index < -0.39 is 0 Å². The van der Waals surface area contributed by atoms with E-state index in [0.717, 1.165) is 30.8 Å². The quantitative estimate of drug-likeness (QED) is 0.673. The van der Waals surface area contributed by atoms with Crippen LogP contribution in [0.15, 0.2) is 0 Å². The Hall–Kier alpha value is -0.240. The van der Waals surface area contributed by atoms with Crippen LogP contribution < -0.4 is 5.32 Å². The Bertz CT molecular complexity index is 303. The van der Waals surface area contributed by atoms with Crippen LogP contribution >= 0.6 is 11.8 Å². The highest BCUT2D eigenvalue weighted by molar-refractivity contribution is 7.99. The summed E-state index contributed by atoms with van der Waals surface area (Å²) in [6, 6.07) is 2.92. The Kier molecular flexibility index (Phi) is 7.20. The Morgan fingerprint density at radius 2 is 2.21 bits per heavy atom. The van der Waals surface area contributed by atoms with E-state index in [4.69, 9.17) is 5.11 Å². The molecule has 3 nitrogen and oxygen atoms in total. The van der Waals surface area contributed by atoms with E-state index in [1.807, 2.05) is 11.8 Å². The smallest absolute Gasteiger partial charge is 0.109 e. The number of rotatable bonds is 8. The monoisotopic (exact) mass is 284 g/mol. The first-order valence-corrected chi connectivity index (χ1v) is 8.57. The molecular weight excluding hydrogens is 256 g/mol. The average Bonchev–Trinajstić information content (AvgIpc) is 2.77. The molecule has 0 amide bonds. The molecule has 1 fully saturated rings. The first-order chi connectivity index (χ1) is 9.04. The zero-order valence-corrected chi connectivity index (χ0v) is 13.3. The van der Waals surface area contributed by atoms with Crippen molar-refractivity contribution in [2.75, 3.05) is 18.1 Å². The molecule has 2 N–H and O–H groups in total. The SMILES string of the molecule is CC(CO)CSCCC1CCCC1(C#N)NC(C)C. The van der Waals surface area contributed by atoms with Gasteiger partial charge in [-0.05, 0) is 56.5 Å². The predicted octanol–water partition coefficient (Wildman–Crippen LogP) is 2.80. The normalized spacial score (nSPS) is 28.5. The number of hydrogen-bond donors (Lipinski definition) is 2. The van der Waals surface area contributed by atoms with Gasteiger partial charge in [0.05, 0.1) is 6.07 Å². The van der Waals surface area contributed by atoms with Gasteiger partial charge in [-0.2, -0.15) is 17.0 Å². The van der Waals surface area contributed by atoms with Gasteiger partial charge >= 0.3 is 0 Å². The molecule has 0 bridgehead atoms. The lowest BCUT2D eigenvalue weighted by Gasteiger charge is -2.32. The van der Waals surface area contributed by atoms with E-state index in [-0.39, 0.29) is 12.1 Å². The van der Waals surface area contributed by atoms with Crippen molar-refractivity contribution in [1.29, 1.82) is 5.26 Å². The molecule has 19 heavy (non-hydrogen) atoms. The second-order valence-corrected chi connectivity index (χ2v) is 7.27. The van der Waals surface area contributed by atoms with Gasteiger partial charge in [-0.15, -0.1) is 0 Å². The van der Waals surface area contributed by atoms with Crippen molar-refractivity contribution in [2.45, 2.75) is 58.0 Å². The molecule has 3 atom stereocenters. The maximum atomic E-state index is 9.57. The van der Waals surface area contributed by atoms with Crippen LogP contribution in [-0.2, 0) is 0 Å². The molecule has 1 aliphatic carbocycles. The zero-order valence-electron chi connectivity index (χ0n) is 12.5. The molecule has 1 aliphatic rings. The minimum Gasteiger partial charge on any atom is -0.396 e. The van der Waals surface area contributed by atoms with Crippen LogP contribution in [0.5, 0.6) is 0 Å². The molecule has 0 radical (unpaired) electrons. The van der Waals surface area contributed by atoms with Gasteiger partial charge in [-0.25, -0.2) is 0 Å². The fourth-order valence-electron chi connectivity index (χ4n) is 2.92. The summed E-state index contributed by atoms with van der Waals surface area (Å²) in [5.41, 5.74) is -0.294. The van der Waals surface area contributed by atoms with E-state index in [1.165, 1.54) is 6.42 Å². The van der Waals surface area contributed by atoms with Crippen molar-refractivity contribution < 1.29 is 5.11 Å². The lowest BCUT2D eigenvalue weighted by molar-refractivity contribution is 0.250. The van der Waals surface area contributed by atoms with Crippen molar-refractivity contribution in [3.63, 3.8) is 0 Å². The van der Waals surface area contributed by atoms with Crippen LogP contribution in [0.25, 0.3) is 0 Å². The largest absolute Gasteiger partial charge is 0.396 e. The summed E-state index contributed by atoms with van der Waals surface area (Å²) in [5.74, 6) is 2.97. The summed E-state index contributed by atoms with van der Waals surface area (Å²) in [6.45, 7) is 6.58. The number of nitrogens with one attached hydrogen (secondary N) is 1. The highest BCUT2D eigenvalue weighted by Gasteiger charge is 2.42. The third-order valence-corrected chi connectivity index (χ3v) is 5.22. The van der Waals surface area contributed by atoms with Crippen molar-refractivity contribution in [1.82, 2.24) is 5.32 Å². The third-order valence-electron chi connectivity index (χ3n) is 3.89. The molecule has 4 heteroatoms. The molecule has 0 aromatic carbocycles. The third kappa shape index (κ3) is 4.98. The van der Waals surface area contributed by atoms with Gasteiger partial charge in [0, 0.05) is 12.6 Å². The molecule has 0 heterocycles. The molecule has 1 rings (SSSR count). The van der Waals surface area contributed by atoms with E-state index in [0.29, 0.717) is 17.9 Å². The molecule has 0 saturated heterocycles. The summed E-state index contributed by atoms with van der Waals surface area (Å²) in [6.07, 6.45) is 4.43. The van der Waals surface area contributed by atoms with Crippen LogP contribution in [0.4, 0.5) is 0 Å². The average molecular weight is 284 g/mol. The van der Waals surface area contributed by atoms with E-state index in [1.54, 1.807) is 0 Å². The number of nitrogens with zero attached hydrogens (tertiary/aromatic N) is 1. The second kappa shape index (κ2) is 8.14. The van der Waals surface area contributed by atoms with E-state index in [2.05, 4.69) is 32.2 Å². The van der Waals surface area contributed by atoms with Crippen LogP contribution in [0.3, 0.4) is 0 Å². The van der Waals surface area contributed by atoms with Gasteiger partial charge in [0.25, 0.3) is 0 Å². The molecule has 3 unspecified atom stereocenters. The fourth-order valence-corrected chi connectivity index (χ4v) is 4.04. The number of thioether (sulfide) groups is 1. The van der Waals surface area contributed by atoms with Gasteiger partial charge in [0.15, 0.2) is 0 Å². The summed E-state index contributed by atoms with van der Waals surface area (Å²) < 4.78 is 0. The van der Waals surface area contributed by atoms with Crippen molar-refractivity contribution >= 4 is 11.8 Å². The van der Waals surface area contributed by atoms with Crippen molar-refractivity contribution in [2.24, 2.45) is 11.8 Å². The van der Waals surface area contributed by atoms with Gasteiger partial charge in [0.2, 0.25) is 0 Å². The Morgan fingerprint density at radius 1 is 1.47 bits per heavy atom. The molecule has 0 aliphatic heterocycles. The van der Waals surface area contributed by atoms with Gasteiger partial charge in [-0.3, -0.25) is 5.32 Å². The summed E-state index contributed by atoms with van der Waals surface area (Å²) >= 11 is 1.91. The first kappa shape index (κ1) is 16.8.